The third-order valence-electron chi connectivity index (χ3n) is 5.96. The van der Waals surface area contributed by atoms with E-state index in [2.05, 4.69) is 4.98 Å². The number of hydrogen-bond acceptors (Lipinski definition) is 5. The van der Waals surface area contributed by atoms with E-state index in [-0.39, 0.29) is 17.2 Å². The average Bonchev–Trinajstić information content (AvgIpc) is 3.32. The Morgan fingerprint density at radius 2 is 1.76 bits per heavy atom. The summed E-state index contributed by atoms with van der Waals surface area (Å²) < 4.78 is 31.7. The Hall–Kier alpha value is -2.95. The summed E-state index contributed by atoms with van der Waals surface area (Å²) in [5.41, 5.74) is 1.28. The number of carbonyl (C=O) groups excluding carboxylic acids is 2. The fourth-order valence-corrected chi connectivity index (χ4v) is 4.79. The molecule has 0 aliphatic carbocycles. The van der Waals surface area contributed by atoms with E-state index in [9.17, 15) is 22.8 Å². The van der Waals surface area contributed by atoms with Crippen LogP contribution in [0.4, 0.5) is 13.2 Å². The molecule has 1 spiro atoms. The van der Waals surface area contributed by atoms with Gasteiger partial charge in [0.25, 0.3) is 5.91 Å². The maximum absolute atomic E-state index is 12.6. The fraction of sp³-hybridized carbons (Fsp3) is 0.455. The first kappa shape index (κ1) is 24.7. The maximum Gasteiger partial charge on any atom is 0.490 e. The van der Waals surface area contributed by atoms with E-state index in [1.54, 1.807) is 12.4 Å². The number of aromatic nitrogens is 1. The van der Waals surface area contributed by atoms with Crippen LogP contribution in [-0.4, -0.2) is 63.5 Å². The third kappa shape index (κ3) is 6.53. The smallest absolute Gasteiger partial charge is 0.475 e. The number of carboxylic acid groups (broad SMARTS) is 1. The van der Waals surface area contributed by atoms with Gasteiger partial charge in [0.2, 0.25) is 5.91 Å². The molecule has 0 atom stereocenters. The van der Waals surface area contributed by atoms with Crippen molar-refractivity contribution in [2.75, 3.05) is 19.6 Å². The van der Waals surface area contributed by atoms with Gasteiger partial charge in [-0.2, -0.15) is 13.2 Å². The predicted octanol–water partition coefficient (Wildman–Crippen LogP) is 3.82. The summed E-state index contributed by atoms with van der Waals surface area (Å²) in [7, 11) is 0. The van der Waals surface area contributed by atoms with Crippen molar-refractivity contribution >= 4 is 29.1 Å². The largest absolute Gasteiger partial charge is 0.490 e. The van der Waals surface area contributed by atoms with Crippen LogP contribution in [0.5, 0.6) is 0 Å². The lowest BCUT2D eigenvalue weighted by atomic mass is 9.72. The topological polar surface area (TPSA) is 90.8 Å². The van der Waals surface area contributed by atoms with Crippen molar-refractivity contribution in [1.82, 2.24) is 14.8 Å². The van der Waals surface area contributed by atoms with E-state index in [1.165, 1.54) is 11.3 Å². The van der Waals surface area contributed by atoms with Crippen molar-refractivity contribution in [3.63, 3.8) is 0 Å². The van der Waals surface area contributed by atoms with Crippen LogP contribution >= 0.6 is 11.3 Å². The summed E-state index contributed by atoms with van der Waals surface area (Å²) in [6.45, 7) is 3.03. The Balaban J connectivity index is 0.000000383. The molecule has 0 radical (unpaired) electrons. The summed E-state index contributed by atoms with van der Waals surface area (Å²) in [6, 6.07) is 7.76. The Morgan fingerprint density at radius 3 is 2.30 bits per heavy atom. The second-order valence-electron chi connectivity index (χ2n) is 8.18. The Labute approximate surface area is 192 Å². The summed E-state index contributed by atoms with van der Waals surface area (Å²) in [6.07, 6.45) is 1.97. The summed E-state index contributed by atoms with van der Waals surface area (Å²) in [5.74, 6) is -2.37. The van der Waals surface area contributed by atoms with Crippen molar-refractivity contribution < 1.29 is 32.7 Å². The molecule has 7 nitrogen and oxygen atoms in total. The number of carbonyl (C=O) groups is 3. The van der Waals surface area contributed by atoms with Crippen molar-refractivity contribution in [2.45, 2.75) is 38.4 Å². The van der Waals surface area contributed by atoms with Crippen LogP contribution in [0, 0.1) is 5.41 Å². The molecule has 0 bridgehead atoms. The number of rotatable bonds is 3. The van der Waals surface area contributed by atoms with Crippen LogP contribution in [0.25, 0.3) is 0 Å². The number of carboxylic acids is 1. The number of aliphatic carboxylic acids is 1. The van der Waals surface area contributed by atoms with Crippen molar-refractivity contribution in [3.8, 4) is 0 Å². The minimum Gasteiger partial charge on any atom is -0.475 e. The van der Waals surface area contributed by atoms with Crippen LogP contribution < -0.4 is 0 Å². The molecule has 33 heavy (non-hydrogen) atoms. The number of piperidine rings is 2. The van der Waals surface area contributed by atoms with E-state index >= 15 is 0 Å². The highest BCUT2D eigenvalue weighted by molar-refractivity contribution is 7.12. The quantitative estimate of drug-likeness (QED) is 0.717. The van der Waals surface area contributed by atoms with Gasteiger partial charge in [0.1, 0.15) is 0 Å². The van der Waals surface area contributed by atoms with Gasteiger partial charge in [-0.05, 0) is 53.8 Å². The number of alkyl halides is 3. The maximum atomic E-state index is 12.6. The molecule has 2 aliphatic rings. The first-order valence-electron chi connectivity index (χ1n) is 10.4. The van der Waals surface area contributed by atoms with E-state index in [1.807, 2.05) is 39.4 Å². The third-order valence-corrected chi connectivity index (χ3v) is 6.81. The molecule has 0 saturated carbocycles. The molecule has 0 aromatic carbocycles. The molecule has 2 amide bonds. The Morgan fingerprint density at radius 1 is 1.12 bits per heavy atom. The highest BCUT2D eigenvalue weighted by Crippen LogP contribution is 2.41. The number of amides is 2. The van der Waals surface area contributed by atoms with Crippen LogP contribution in [0.2, 0.25) is 0 Å². The molecule has 2 aromatic rings. The molecule has 1 N–H and O–H groups in total. The summed E-state index contributed by atoms with van der Waals surface area (Å²) in [5, 5.41) is 9.07. The Kier molecular flexibility index (Phi) is 7.72. The van der Waals surface area contributed by atoms with Crippen LogP contribution in [0.3, 0.4) is 0 Å². The lowest BCUT2D eigenvalue weighted by Gasteiger charge is -2.47. The molecule has 2 fully saturated rings. The van der Waals surface area contributed by atoms with E-state index in [0.717, 1.165) is 49.3 Å². The van der Waals surface area contributed by atoms with Gasteiger partial charge >= 0.3 is 12.1 Å². The number of likely N-dealkylation sites (tertiary alicyclic amines) is 2. The molecule has 2 saturated heterocycles. The highest BCUT2D eigenvalue weighted by Gasteiger charge is 2.42. The standard InChI is InChI=1S/C20H23N3O2S.C2HF3O2/c24-18-3-6-20(15-23(18)14-16-4-9-21-10-5-16)7-11-22(12-8-20)19(25)17-2-1-13-26-17;3-2(4,5)1(6)7/h1-2,4-5,9-10,13H,3,6-8,11-12,14-15H2;(H,6,7). The number of hydrogen-bond donors (Lipinski definition) is 1. The number of halogens is 3. The zero-order valence-electron chi connectivity index (χ0n) is 17.8. The lowest BCUT2D eigenvalue weighted by Crippen LogP contribution is -2.52. The monoisotopic (exact) mass is 483 g/mol. The first-order chi connectivity index (χ1) is 15.6. The molecule has 2 aromatic heterocycles. The number of nitrogens with zero attached hydrogens (tertiary/aromatic N) is 3. The van der Waals surface area contributed by atoms with E-state index in [0.29, 0.717) is 13.0 Å². The van der Waals surface area contributed by atoms with Gasteiger partial charge in [-0.15, -0.1) is 11.3 Å². The van der Waals surface area contributed by atoms with Crippen molar-refractivity contribution in [2.24, 2.45) is 5.41 Å². The molecule has 4 rings (SSSR count). The first-order valence-corrected chi connectivity index (χ1v) is 11.3. The fourth-order valence-electron chi connectivity index (χ4n) is 4.10. The lowest BCUT2D eigenvalue weighted by molar-refractivity contribution is -0.192. The second-order valence-corrected chi connectivity index (χ2v) is 9.13. The highest BCUT2D eigenvalue weighted by atomic mass is 32.1. The van der Waals surface area contributed by atoms with Gasteiger partial charge in [0, 0.05) is 45.0 Å². The van der Waals surface area contributed by atoms with Gasteiger partial charge in [-0.25, -0.2) is 4.79 Å². The minimum absolute atomic E-state index is 0.148. The molecular weight excluding hydrogens is 459 g/mol. The minimum atomic E-state index is -5.08. The van der Waals surface area contributed by atoms with E-state index < -0.39 is 12.1 Å². The molecule has 2 aliphatic heterocycles. The number of thiophene rings is 1. The van der Waals surface area contributed by atoms with Gasteiger partial charge in [0.15, 0.2) is 0 Å². The van der Waals surface area contributed by atoms with Crippen LogP contribution in [-0.2, 0) is 16.1 Å². The van der Waals surface area contributed by atoms with Crippen molar-refractivity contribution in [1.29, 1.82) is 0 Å². The predicted molar refractivity (Wildman–Crippen MR) is 114 cm³/mol. The molecular formula is C22H24F3N3O4S. The summed E-state index contributed by atoms with van der Waals surface area (Å²) in [4.78, 5) is 42.7. The zero-order chi connectivity index (χ0) is 24.1. The average molecular weight is 484 g/mol. The molecule has 0 unspecified atom stereocenters. The van der Waals surface area contributed by atoms with Crippen LogP contribution in [0.1, 0.15) is 40.9 Å². The van der Waals surface area contributed by atoms with Crippen molar-refractivity contribution in [3.05, 3.63) is 52.5 Å². The number of pyridine rings is 1. The Bertz CT molecular complexity index is 959. The van der Waals surface area contributed by atoms with Gasteiger partial charge in [0.05, 0.1) is 4.88 Å². The molecule has 4 heterocycles. The normalized spacial score (nSPS) is 18.0. The van der Waals surface area contributed by atoms with Gasteiger partial charge in [-0.3, -0.25) is 14.6 Å². The molecule has 178 valence electrons. The summed E-state index contributed by atoms with van der Waals surface area (Å²) >= 11 is 1.50. The zero-order valence-corrected chi connectivity index (χ0v) is 18.6. The second kappa shape index (κ2) is 10.3. The van der Waals surface area contributed by atoms with Gasteiger partial charge in [-0.1, -0.05) is 6.07 Å². The molecule has 11 heteroatoms. The van der Waals surface area contributed by atoms with E-state index in [4.69, 9.17) is 9.90 Å². The van der Waals surface area contributed by atoms with Gasteiger partial charge < -0.3 is 14.9 Å². The van der Waals surface area contributed by atoms with Crippen LogP contribution in [0.15, 0.2) is 42.0 Å². The SMILES string of the molecule is O=C(O)C(F)(F)F.O=C1CCC2(CCN(C(=O)c3cccs3)CC2)CN1Cc1ccncc1.